The molecule has 52 valence electrons. The lowest BCUT2D eigenvalue weighted by Crippen LogP contribution is -2.48. The molecular weight excluding hydrogens is 114 g/mol. The van der Waals surface area contributed by atoms with Crippen molar-refractivity contribution in [3.05, 3.63) is 0 Å². The molecule has 0 aromatic carbocycles. The summed E-state index contributed by atoms with van der Waals surface area (Å²) in [5.41, 5.74) is 0. The molecule has 0 bridgehead atoms. The van der Waals surface area contributed by atoms with Crippen LogP contribution >= 0.6 is 0 Å². The Morgan fingerprint density at radius 3 is 2.78 bits per heavy atom. The summed E-state index contributed by atoms with van der Waals surface area (Å²) in [5, 5.41) is 0. The first-order valence-corrected chi connectivity index (χ1v) is 3.79. The molecule has 2 aliphatic heterocycles. The molecular formula is C7H13NO. The standard InChI is InChI=1S/C7H13NO/c1-2-6-3-4-8(6)7-5-9-7/h6-7H,2-5H2,1H3. The second kappa shape index (κ2) is 1.96. The third-order valence-corrected chi connectivity index (χ3v) is 2.35. The van der Waals surface area contributed by atoms with Crippen molar-refractivity contribution < 1.29 is 4.74 Å². The lowest BCUT2D eigenvalue weighted by atomic mass is 10.0. The summed E-state index contributed by atoms with van der Waals surface area (Å²) < 4.78 is 5.17. The average Bonchev–Trinajstić information content (AvgIpc) is 2.48. The number of hydrogen-bond acceptors (Lipinski definition) is 2. The zero-order valence-corrected chi connectivity index (χ0v) is 5.84. The van der Waals surface area contributed by atoms with E-state index in [1.54, 1.807) is 0 Å². The van der Waals surface area contributed by atoms with Crippen molar-refractivity contribution in [2.75, 3.05) is 13.2 Å². The molecule has 0 amide bonds. The van der Waals surface area contributed by atoms with E-state index in [0.29, 0.717) is 6.23 Å². The summed E-state index contributed by atoms with van der Waals surface area (Å²) in [6.07, 6.45) is 3.19. The third-order valence-electron chi connectivity index (χ3n) is 2.35. The van der Waals surface area contributed by atoms with Gasteiger partial charge in [-0.15, -0.1) is 0 Å². The van der Waals surface area contributed by atoms with E-state index in [0.717, 1.165) is 12.6 Å². The van der Waals surface area contributed by atoms with E-state index in [9.17, 15) is 0 Å². The summed E-state index contributed by atoms with van der Waals surface area (Å²) in [5.74, 6) is 0. The van der Waals surface area contributed by atoms with Crippen molar-refractivity contribution in [1.82, 2.24) is 4.90 Å². The van der Waals surface area contributed by atoms with Crippen LogP contribution in [0, 0.1) is 0 Å². The Balaban J connectivity index is 1.83. The molecule has 2 heteroatoms. The molecule has 2 nitrogen and oxygen atoms in total. The highest BCUT2D eigenvalue weighted by Gasteiger charge is 2.39. The van der Waals surface area contributed by atoms with Crippen LogP contribution in [0.3, 0.4) is 0 Å². The van der Waals surface area contributed by atoms with Crippen molar-refractivity contribution in [3.8, 4) is 0 Å². The van der Waals surface area contributed by atoms with Crippen LogP contribution in [0.15, 0.2) is 0 Å². The van der Waals surface area contributed by atoms with Gasteiger partial charge in [-0.25, -0.2) is 0 Å². The monoisotopic (exact) mass is 127 g/mol. The first kappa shape index (κ1) is 5.69. The fourth-order valence-corrected chi connectivity index (χ4v) is 1.51. The van der Waals surface area contributed by atoms with Gasteiger partial charge in [0.2, 0.25) is 0 Å². The molecule has 0 radical (unpaired) electrons. The summed E-state index contributed by atoms with van der Waals surface area (Å²) >= 11 is 0. The lowest BCUT2D eigenvalue weighted by Gasteiger charge is -2.39. The summed E-state index contributed by atoms with van der Waals surface area (Å²) in [4.78, 5) is 2.46. The molecule has 2 aliphatic rings. The average molecular weight is 127 g/mol. The molecule has 2 atom stereocenters. The molecule has 0 aliphatic carbocycles. The largest absolute Gasteiger partial charge is 0.357 e. The smallest absolute Gasteiger partial charge is 0.134 e. The van der Waals surface area contributed by atoms with Gasteiger partial charge in [0, 0.05) is 12.6 Å². The highest BCUT2D eigenvalue weighted by atomic mass is 16.6. The molecule has 9 heavy (non-hydrogen) atoms. The normalized spacial score (nSPS) is 42.3. The van der Waals surface area contributed by atoms with Crippen LogP contribution < -0.4 is 0 Å². The quantitative estimate of drug-likeness (QED) is 0.510. The molecule has 2 rings (SSSR count). The van der Waals surface area contributed by atoms with E-state index in [2.05, 4.69) is 11.8 Å². The predicted octanol–water partition coefficient (Wildman–Crippen LogP) is 0.827. The molecule has 2 unspecified atom stereocenters. The van der Waals surface area contributed by atoms with Gasteiger partial charge < -0.3 is 4.74 Å². The number of hydrogen-bond donors (Lipinski definition) is 0. The van der Waals surface area contributed by atoms with E-state index in [1.165, 1.54) is 19.4 Å². The van der Waals surface area contributed by atoms with Gasteiger partial charge in [-0.1, -0.05) is 6.92 Å². The van der Waals surface area contributed by atoms with Crippen LogP contribution in [-0.2, 0) is 4.74 Å². The van der Waals surface area contributed by atoms with E-state index in [-0.39, 0.29) is 0 Å². The van der Waals surface area contributed by atoms with Gasteiger partial charge in [-0.2, -0.15) is 0 Å². The fraction of sp³-hybridized carbons (Fsp3) is 1.00. The van der Waals surface area contributed by atoms with Crippen molar-refractivity contribution in [1.29, 1.82) is 0 Å². The van der Waals surface area contributed by atoms with E-state index in [4.69, 9.17) is 4.74 Å². The van der Waals surface area contributed by atoms with Crippen LogP contribution in [0.25, 0.3) is 0 Å². The van der Waals surface area contributed by atoms with Gasteiger partial charge in [0.05, 0.1) is 6.61 Å². The highest BCUT2D eigenvalue weighted by molar-refractivity contribution is 4.87. The van der Waals surface area contributed by atoms with Gasteiger partial charge in [0.15, 0.2) is 0 Å². The second-order valence-electron chi connectivity index (χ2n) is 2.88. The maximum Gasteiger partial charge on any atom is 0.134 e. The molecule has 2 saturated heterocycles. The molecule has 2 fully saturated rings. The number of nitrogens with zero attached hydrogens (tertiary/aromatic N) is 1. The maximum absolute atomic E-state index is 5.17. The molecule has 0 aromatic heterocycles. The minimum atomic E-state index is 0.517. The van der Waals surface area contributed by atoms with Gasteiger partial charge >= 0.3 is 0 Å². The van der Waals surface area contributed by atoms with Crippen LogP contribution in [0.5, 0.6) is 0 Å². The minimum Gasteiger partial charge on any atom is -0.357 e. The van der Waals surface area contributed by atoms with Crippen molar-refractivity contribution in [3.63, 3.8) is 0 Å². The van der Waals surface area contributed by atoms with Crippen molar-refractivity contribution in [2.24, 2.45) is 0 Å². The van der Waals surface area contributed by atoms with E-state index in [1.807, 2.05) is 0 Å². The third kappa shape index (κ3) is 0.864. The Morgan fingerprint density at radius 2 is 2.44 bits per heavy atom. The molecule has 0 saturated carbocycles. The Morgan fingerprint density at radius 1 is 1.67 bits per heavy atom. The Hall–Kier alpha value is -0.0800. The molecule has 2 heterocycles. The zero-order chi connectivity index (χ0) is 6.27. The predicted molar refractivity (Wildman–Crippen MR) is 35.1 cm³/mol. The summed E-state index contributed by atoms with van der Waals surface area (Å²) in [6, 6.07) is 0.845. The Labute approximate surface area is 55.8 Å². The van der Waals surface area contributed by atoms with Crippen LogP contribution in [0.4, 0.5) is 0 Å². The lowest BCUT2D eigenvalue weighted by molar-refractivity contribution is 0.0369. The van der Waals surface area contributed by atoms with Gasteiger partial charge in [-0.05, 0) is 12.8 Å². The maximum atomic E-state index is 5.17. The number of epoxide rings is 1. The Kier molecular flexibility index (Phi) is 1.24. The summed E-state index contributed by atoms with van der Waals surface area (Å²) in [7, 11) is 0. The van der Waals surface area contributed by atoms with Gasteiger partial charge in [0.1, 0.15) is 6.23 Å². The summed E-state index contributed by atoms with van der Waals surface area (Å²) in [6.45, 7) is 4.50. The molecule has 0 spiro atoms. The first-order chi connectivity index (χ1) is 4.42. The minimum absolute atomic E-state index is 0.517. The highest BCUT2D eigenvalue weighted by Crippen LogP contribution is 2.28. The molecule has 0 aromatic rings. The van der Waals surface area contributed by atoms with Crippen molar-refractivity contribution >= 4 is 0 Å². The van der Waals surface area contributed by atoms with Crippen LogP contribution in [0.2, 0.25) is 0 Å². The number of ether oxygens (including phenoxy) is 1. The second-order valence-corrected chi connectivity index (χ2v) is 2.88. The first-order valence-electron chi connectivity index (χ1n) is 3.79. The SMILES string of the molecule is CCC1CCN1C1CO1. The van der Waals surface area contributed by atoms with Crippen molar-refractivity contribution in [2.45, 2.75) is 32.0 Å². The van der Waals surface area contributed by atoms with Crippen LogP contribution in [0.1, 0.15) is 19.8 Å². The Bertz CT molecular complexity index is 109. The van der Waals surface area contributed by atoms with Gasteiger partial charge in [0.25, 0.3) is 0 Å². The number of rotatable bonds is 2. The van der Waals surface area contributed by atoms with Gasteiger partial charge in [-0.3, -0.25) is 4.90 Å². The fourth-order valence-electron chi connectivity index (χ4n) is 1.51. The molecule has 0 N–H and O–H groups in total. The number of likely N-dealkylation sites (tertiary alicyclic amines) is 1. The topological polar surface area (TPSA) is 15.8 Å². The van der Waals surface area contributed by atoms with E-state index >= 15 is 0 Å². The zero-order valence-electron chi connectivity index (χ0n) is 5.84. The van der Waals surface area contributed by atoms with Crippen LogP contribution in [-0.4, -0.2) is 30.3 Å². The van der Waals surface area contributed by atoms with E-state index < -0.39 is 0 Å².